The third-order valence-corrected chi connectivity index (χ3v) is 5.35. The van der Waals surface area contributed by atoms with E-state index in [2.05, 4.69) is 20.4 Å². The van der Waals surface area contributed by atoms with Gasteiger partial charge < -0.3 is 10.2 Å². The molecule has 2 aliphatic heterocycles. The van der Waals surface area contributed by atoms with Crippen LogP contribution in [0.1, 0.15) is 59.3 Å². The Kier molecular flexibility index (Phi) is 3.08. The molecule has 5 heterocycles. The lowest BCUT2D eigenvalue weighted by Gasteiger charge is -2.27. The van der Waals surface area contributed by atoms with E-state index in [0.29, 0.717) is 23.6 Å². The number of nitrogens with zero attached hydrogens (tertiary/aromatic N) is 5. The summed E-state index contributed by atoms with van der Waals surface area (Å²) in [6.45, 7) is -2.11. The van der Waals surface area contributed by atoms with E-state index in [0.717, 1.165) is 19.0 Å². The first-order valence-corrected chi connectivity index (χ1v) is 9.24. The fourth-order valence-corrected chi connectivity index (χ4v) is 4.03. The first-order chi connectivity index (χ1) is 15.2. The van der Waals surface area contributed by atoms with Gasteiger partial charge in [-0.05, 0) is 50.2 Å². The topological polar surface area (TPSA) is 75.4 Å². The number of nitrogens with one attached hydrogen (secondary N) is 1. The molecule has 7 nitrogen and oxygen atoms in total. The molecular weight excluding hydrogens is 359 g/mol. The highest BCUT2D eigenvalue weighted by Gasteiger charge is 2.31. The monoisotopic (exact) mass is 384 g/mol. The van der Waals surface area contributed by atoms with Gasteiger partial charge in [-0.15, -0.1) is 0 Å². The zero-order chi connectivity index (χ0) is 22.7. The van der Waals surface area contributed by atoms with Gasteiger partial charge in [-0.1, -0.05) is 0 Å². The number of rotatable bonds is 0. The minimum absolute atomic E-state index is 0.0874. The number of amides is 1. The van der Waals surface area contributed by atoms with Crippen LogP contribution >= 0.6 is 0 Å². The van der Waals surface area contributed by atoms with Gasteiger partial charge in [-0.25, -0.2) is 13.9 Å². The van der Waals surface area contributed by atoms with E-state index >= 15 is 0 Å². The molecule has 0 aromatic carbocycles. The molecule has 2 bridgehead atoms. The fourth-order valence-electron chi connectivity index (χ4n) is 4.03. The minimum atomic E-state index is -2.80. The van der Waals surface area contributed by atoms with Gasteiger partial charge >= 0.3 is 0 Å². The van der Waals surface area contributed by atoms with Crippen LogP contribution in [-0.2, 0) is 6.42 Å². The fraction of sp³-hybridized carbons (Fsp3) is 0.400. The normalized spacial score (nSPS) is 27.4. The molecule has 2 aliphatic rings. The van der Waals surface area contributed by atoms with Crippen LogP contribution < -0.4 is 10.2 Å². The van der Waals surface area contributed by atoms with E-state index in [1.165, 1.54) is 16.8 Å². The standard InChI is InChI=1S/C20H21FN6O/c1-12-4-5-16-14(9-13(21)10-22-16)17-3-2-7-26(17)18-6-8-27-19(25-18)15(11-23-27)20(28)24-12/h6,8-12,17H,2-5,7H2,1H3,(H,24,28)/t12-,17-/m1/s1/i1D3,12D. The summed E-state index contributed by atoms with van der Waals surface area (Å²) in [5.74, 6) is -0.611. The summed E-state index contributed by atoms with van der Waals surface area (Å²) in [5.41, 5.74) is 1.51. The zero-order valence-corrected chi connectivity index (χ0v) is 15.0. The van der Waals surface area contributed by atoms with Crippen LogP contribution in [0, 0.1) is 5.82 Å². The number of aromatic nitrogens is 4. The molecule has 0 radical (unpaired) electrons. The Morgan fingerprint density at radius 3 is 3.21 bits per heavy atom. The van der Waals surface area contributed by atoms with Gasteiger partial charge in [0, 0.05) is 28.6 Å². The second kappa shape index (κ2) is 6.54. The number of anilines is 1. The molecule has 0 aliphatic carbocycles. The van der Waals surface area contributed by atoms with Crippen molar-refractivity contribution in [3.05, 3.63) is 53.4 Å². The predicted molar refractivity (Wildman–Crippen MR) is 102 cm³/mol. The Labute approximate surface area is 167 Å². The number of hydrogen-bond donors (Lipinski definition) is 1. The van der Waals surface area contributed by atoms with E-state index in [9.17, 15) is 9.18 Å². The highest BCUT2D eigenvalue weighted by atomic mass is 19.1. The maximum Gasteiger partial charge on any atom is 0.256 e. The summed E-state index contributed by atoms with van der Waals surface area (Å²) in [4.78, 5) is 23.9. The van der Waals surface area contributed by atoms with Gasteiger partial charge in [0.2, 0.25) is 0 Å². The van der Waals surface area contributed by atoms with Crippen molar-refractivity contribution in [2.24, 2.45) is 0 Å². The molecule has 3 aromatic heterocycles. The van der Waals surface area contributed by atoms with Crippen LogP contribution in [0.15, 0.2) is 30.7 Å². The van der Waals surface area contributed by atoms with E-state index in [-0.39, 0.29) is 30.1 Å². The third kappa shape index (κ3) is 2.80. The molecule has 0 saturated carbocycles. The van der Waals surface area contributed by atoms with Gasteiger partial charge in [0.05, 0.1) is 19.8 Å². The summed E-state index contributed by atoms with van der Waals surface area (Å²) in [6.07, 6.45) is 5.56. The molecule has 1 saturated heterocycles. The maximum absolute atomic E-state index is 14.2. The molecule has 0 spiro atoms. The van der Waals surface area contributed by atoms with Crippen LogP contribution in [0.25, 0.3) is 5.65 Å². The van der Waals surface area contributed by atoms with E-state index < -0.39 is 24.6 Å². The number of aryl methyl sites for hydroxylation is 1. The number of carbonyl (C=O) groups is 1. The highest BCUT2D eigenvalue weighted by Crippen LogP contribution is 2.37. The second-order valence-electron chi connectivity index (χ2n) is 7.09. The van der Waals surface area contributed by atoms with Crippen LogP contribution in [0.2, 0.25) is 0 Å². The number of carbonyl (C=O) groups excluding carboxylic acids is 1. The molecule has 28 heavy (non-hydrogen) atoms. The average molecular weight is 384 g/mol. The smallest absolute Gasteiger partial charge is 0.256 e. The van der Waals surface area contributed by atoms with Crippen LogP contribution in [-0.4, -0.2) is 38.1 Å². The zero-order valence-electron chi connectivity index (χ0n) is 19.0. The van der Waals surface area contributed by atoms with Crippen LogP contribution in [0.5, 0.6) is 0 Å². The molecule has 0 unspecified atom stereocenters. The lowest BCUT2D eigenvalue weighted by molar-refractivity contribution is 0.0940. The number of fused-ring (bicyclic) bond motifs is 5. The van der Waals surface area contributed by atoms with E-state index in [1.807, 2.05) is 4.90 Å². The van der Waals surface area contributed by atoms with E-state index in [4.69, 9.17) is 5.48 Å². The Morgan fingerprint density at radius 2 is 2.32 bits per heavy atom. The number of hydrogen-bond acceptors (Lipinski definition) is 5. The second-order valence-corrected chi connectivity index (χ2v) is 7.09. The SMILES string of the molecule is [2H]C([2H])([2H])[C@]1([2H])CCc2ncc(F)cc2[C@H]2CCCN2c2ccn3ncc(c3n2)C(=O)N1. The molecule has 2 atom stereocenters. The van der Waals surface area contributed by atoms with Gasteiger partial charge in [0.25, 0.3) is 5.91 Å². The molecular formula is C20H21FN6O. The molecule has 1 N–H and O–H groups in total. The molecule has 144 valence electrons. The minimum Gasteiger partial charge on any atom is -0.349 e. The van der Waals surface area contributed by atoms with Crippen molar-refractivity contribution in [3.63, 3.8) is 0 Å². The average Bonchev–Trinajstić information content (AvgIpc) is 3.38. The van der Waals surface area contributed by atoms with Gasteiger partial charge in [0.1, 0.15) is 17.2 Å². The van der Waals surface area contributed by atoms with Crippen LogP contribution in [0.3, 0.4) is 0 Å². The third-order valence-electron chi connectivity index (χ3n) is 5.35. The largest absolute Gasteiger partial charge is 0.349 e. The molecule has 1 fully saturated rings. The maximum atomic E-state index is 14.2. The van der Waals surface area contributed by atoms with Crippen molar-refractivity contribution in [2.75, 3.05) is 11.4 Å². The van der Waals surface area contributed by atoms with Crippen molar-refractivity contribution in [2.45, 2.75) is 44.6 Å². The number of pyridine rings is 1. The summed E-state index contributed by atoms with van der Waals surface area (Å²) in [5, 5.41) is 6.52. The lowest BCUT2D eigenvalue weighted by Crippen LogP contribution is -2.33. The highest BCUT2D eigenvalue weighted by molar-refractivity contribution is 5.99. The summed E-state index contributed by atoms with van der Waals surface area (Å²) >= 11 is 0. The van der Waals surface area contributed by atoms with Crippen molar-refractivity contribution in [1.29, 1.82) is 0 Å². The summed E-state index contributed by atoms with van der Waals surface area (Å²) in [7, 11) is 0. The molecule has 1 amide bonds. The molecule has 8 heteroatoms. The van der Waals surface area contributed by atoms with Gasteiger partial charge in [-0.2, -0.15) is 5.10 Å². The Morgan fingerprint density at radius 1 is 1.39 bits per heavy atom. The first kappa shape index (κ1) is 13.2. The van der Waals surface area contributed by atoms with Crippen molar-refractivity contribution >= 4 is 17.4 Å². The summed E-state index contributed by atoms with van der Waals surface area (Å²) in [6, 6.07) is 0.732. The molecule has 5 rings (SSSR count). The Hall–Kier alpha value is -3.03. The quantitative estimate of drug-likeness (QED) is 0.645. The predicted octanol–water partition coefficient (Wildman–Crippen LogP) is 2.67. The first-order valence-electron chi connectivity index (χ1n) is 11.2. The summed E-state index contributed by atoms with van der Waals surface area (Å²) < 4.78 is 48.0. The van der Waals surface area contributed by atoms with Gasteiger partial charge in [-0.3, -0.25) is 9.78 Å². The van der Waals surface area contributed by atoms with E-state index in [1.54, 1.807) is 12.3 Å². The van der Waals surface area contributed by atoms with Crippen molar-refractivity contribution in [3.8, 4) is 0 Å². The lowest BCUT2D eigenvalue weighted by atomic mass is 9.98. The van der Waals surface area contributed by atoms with Gasteiger partial charge in [0.15, 0.2) is 5.65 Å². The number of halogens is 1. The molecule has 3 aromatic rings. The van der Waals surface area contributed by atoms with Crippen molar-refractivity contribution < 1.29 is 14.7 Å². The Bertz CT molecular complexity index is 1210. The van der Waals surface area contributed by atoms with Crippen LogP contribution in [0.4, 0.5) is 10.2 Å². The van der Waals surface area contributed by atoms with Crippen molar-refractivity contribution in [1.82, 2.24) is 24.9 Å². The Balaban J connectivity index is 1.72.